The van der Waals surface area contributed by atoms with E-state index in [-0.39, 0.29) is 12.5 Å². The second kappa shape index (κ2) is 6.95. The number of rotatable bonds is 4. The molecule has 0 saturated heterocycles. The van der Waals surface area contributed by atoms with Crippen LogP contribution in [0.25, 0.3) is 10.9 Å². The summed E-state index contributed by atoms with van der Waals surface area (Å²) in [4.78, 5) is 35.2. The van der Waals surface area contributed by atoms with Crippen molar-refractivity contribution >= 4 is 28.9 Å². The highest BCUT2D eigenvalue weighted by Crippen LogP contribution is 2.28. The van der Waals surface area contributed by atoms with Crippen LogP contribution in [0.3, 0.4) is 0 Å². The van der Waals surface area contributed by atoms with Crippen LogP contribution in [0.5, 0.6) is 0 Å². The first-order valence-corrected chi connectivity index (χ1v) is 7.00. The Labute approximate surface area is 133 Å². The number of methoxy groups -OCH3 is 2. The molecule has 2 rings (SSSR count). The normalized spacial score (nSPS) is 11.8. The average molecular weight is 318 g/mol. The third-order valence-corrected chi connectivity index (χ3v) is 3.53. The molecule has 0 bridgehead atoms. The second-order valence-corrected chi connectivity index (χ2v) is 4.95. The molecule has 0 aliphatic carbocycles. The van der Waals surface area contributed by atoms with Gasteiger partial charge in [0.25, 0.3) is 0 Å². The van der Waals surface area contributed by atoms with Crippen molar-refractivity contribution in [3.8, 4) is 0 Å². The predicted octanol–water partition coefficient (Wildman–Crippen LogP) is 1.65. The van der Waals surface area contributed by atoms with Gasteiger partial charge in [0.05, 0.1) is 19.7 Å². The van der Waals surface area contributed by atoms with Crippen LogP contribution in [0.1, 0.15) is 18.4 Å². The highest BCUT2D eigenvalue weighted by atomic mass is 16.5. The van der Waals surface area contributed by atoms with Gasteiger partial charge in [0, 0.05) is 25.1 Å². The number of benzene rings is 1. The summed E-state index contributed by atoms with van der Waals surface area (Å²) in [6.45, 7) is 1.45. The summed E-state index contributed by atoms with van der Waals surface area (Å²) in [6, 6.07) is 7.14. The Morgan fingerprint density at radius 1 is 1.17 bits per heavy atom. The van der Waals surface area contributed by atoms with Gasteiger partial charge in [-0.1, -0.05) is 18.2 Å². The lowest BCUT2D eigenvalue weighted by Gasteiger charge is -2.14. The summed E-state index contributed by atoms with van der Waals surface area (Å²) >= 11 is 0. The summed E-state index contributed by atoms with van der Waals surface area (Å²) < 4.78 is 10.9. The van der Waals surface area contributed by atoms with Crippen LogP contribution in [-0.4, -0.2) is 43.3 Å². The maximum absolute atomic E-state index is 12.1. The van der Waals surface area contributed by atoms with E-state index in [4.69, 9.17) is 9.47 Å². The first-order chi connectivity index (χ1) is 11.0. The topological polar surface area (TPSA) is 86.6 Å². The lowest BCUT2D eigenvalue weighted by Crippen LogP contribution is -2.30. The number of carbonyl (C=O) groups excluding carboxylic acids is 3. The third kappa shape index (κ3) is 3.33. The zero-order valence-electron chi connectivity index (χ0n) is 13.2. The van der Waals surface area contributed by atoms with Gasteiger partial charge in [0.15, 0.2) is 0 Å². The first kappa shape index (κ1) is 16.5. The Balaban J connectivity index is 2.56. The molecule has 0 aliphatic rings. The van der Waals surface area contributed by atoms with Crippen molar-refractivity contribution in [3.05, 3.63) is 36.0 Å². The van der Waals surface area contributed by atoms with Gasteiger partial charge in [-0.15, -0.1) is 0 Å². The number of hydrogen-bond acceptors (Lipinski definition) is 5. The largest absolute Gasteiger partial charge is 0.468 e. The molecular formula is C16H18N2O5. The molecule has 1 aromatic heterocycles. The van der Waals surface area contributed by atoms with E-state index in [1.165, 1.54) is 25.7 Å². The monoisotopic (exact) mass is 318 g/mol. The summed E-state index contributed by atoms with van der Waals surface area (Å²) in [7, 11) is 2.56. The predicted molar refractivity (Wildman–Crippen MR) is 83.2 cm³/mol. The number of esters is 1. The Morgan fingerprint density at radius 3 is 2.48 bits per heavy atom. The minimum absolute atomic E-state index is 0.0805. The minimum Gasteiger partial charge on any atom is -0.468 e. The Morgan fingerprint density at radius 2 is 1.87 bits per heavy atom. The van der Waals surface area contributed by atoms with Crippen LogP contribution in [-0.2, 0) is 19.1 Å². The van der Waals surface area contributed by atoms with E-state index >= 15 is 0 Å². The maximum Gasteiger partial charge on any atom is 0.418 e. The van der Waals surface area contributed by atoms with Crippen LogP contribution in [0, 0.1) is 0 Å². The summed E-state index contributed by atoms with van der Waals surface area (Å²) in [5, 5.41) is 3.33. The van der Waals surface area contributed by atoms with Crippen molar-refractivity contribution in [2.45, 2.75) is 12.8 Å². The molecule has 0 unspecified atom stereocenters. The number of amides is 1. The van der Waals surface area contributed by atoms with Crippen molar-refractivity contribution in [1.29, 1.82) is 0 Å². The fourth-order valence-electron chi connectivity index (χ4n) is 2.44. The molecule has 23 heavy (non-hydrogen) atoms. The van der Waals surface area contributed by atoms with Gasteiger partial charge in [-0.05, 0) is 11.6 Å². The number of ether oxygens (including phenoxy) is 2. The molecule has 0 saturated carbocycles. The summed E-state index contributed by atoms with van der Waals surface area (Å²) in [5.41, 5.74) is 1.21. The summed E-state index contributed by atoms with van der Waals surface area (Å²) in [6.07, 6.45) is 0.982. The third-order valence-electron chi connectivity index (χ3n) is 3.53. The van der Waals surface area contributed by atoms with Crippen molar-refractivity contribution in [2.24, 2.45) is 0 Å². The fraction of sp³-hybridized carbons (Fsp3) is 0.312. The lowest BCUT2D eigenvalue weighted by molar-refractivity contribution is -0.142. The first-order valence-electron chi connectivity index (χ1n) is 7.00. The van der Waals surface area contributed by atoms with E-state index in [1.54, 1.807) is 30.5 Å². The van der Waals surface area contributed by atoms with E-state index in [2.05, 4.69) is 5.32 Å². The number of nitrogens with one attached hydrogen (secondary N) is 1. The molecule has 0 radical (unpaired) electrons. The standard InChI is InChI=1S/C16H18N2O5/c1-10(19)17-8-12(15(20)22-2)13-9-18(16(21)23-3)14-7-5-4-6-11(13)14/h4-7,9,12H,8H2,1-3H3,(H,17,19)/t12-/m1/s1. The zero-order chi connectivity index (χ0) is 17.0. The van der Waals surface area contributed by atoms with E-state index in [1.807, 2.05) is 0 Å². The number of fused-ring (bicyclic) bond motifs is 1. The molecule has 7 nitrogen and oxygen atoms in total. The smallest absolute Gasteiger partial charge is 0.418 e. The SMILES string of the molecule is COC(=O)[C@H](CNC(C)=O)c1cn(C(=O)OC)c2ccccc12. The van der Waals surface area contributed by atoms with Crippen molar-refractivity contribution in [1.82, 2.24) is 9.88 Å². The van der Waals surface area contributed by atoms with Crippen LogP contribution in [0.2, 0.25) is 0 Å². The van der Waals surface area contributed by atoms with E-state index in [0.29, 0.717) is 11.1 Å². The van der Waals surface area contributed by atoms with Gasteiger partial charge in [0.1, 0.15) is 5.92 Å². The highest BCUT2D eigenvalue weighted by molar-refractivity contribution is 5.95. The number of hydrogen-bond donors (Lipinski definition) is 1. The molecule has 0 spiro atoms. The van der Waals surface area contributed by atoms with E-state index < -0.39 is 18.0 Å². The van der Waals surface area contributed by atoms with E-state index in [0.717, 1.165) is 5.39 Å². The van der Waals surface area contributed by atoms with Crippen LogP contribution < -0.4 is 5.32 Å². The Hall–Kier alpha value is -2.83. The molecule has 122 valence electrons. The Kier molecular flexibility index (Phi) is 5.00. The van der Waals surface area contributed by atoms with E-state index in [9.17, 15) is 14.4 Å². The molecule has 1 aromatic carbocycles. The van der Waals surface area contributed by atoms with Crippen LogP contribution >= 0.6 is 0 Å². The van der Waals surface area contributed by atoms with Gasteiger partial charge in [-0.3, -0.25) is 14.2 Å². The summed E-state index contributed by atoms with van der Waals surface area (Å²) in [5.74, 6) is -1.47. The van der Waals surface area contributed by atoms with Crippen molar-refractivity contribution in [2.75, 3.05) is 20.8 Å². The van der Waals surface area contributed by atoms with Gasteiger partial charge in [-0.2, -0.15) is 0 Å². The van der Waals surface area contributed by atoms with Crippen molar-refractivity contribution in [3.63, 3.8) is 0 Å². The van der Waals surface area contributed by atoms with Gasteiger partial charge < -0.3 is 14.8 Å². The lowest BCUT2D eigenvalue weighted by atomic mass is 9.98. The van der Waals surface area contributed by atoms with Gasteiger partial charge >= 0.3 is 12.1 Å². The number of nitrogens with zero attached hydrogens (tertiary/aromatic N) is 1. The minimum atomic E-state index is -0.722. The molecular weight excluding hydrogens is 300 g/mol. The highest BCUT2D eigenvalue weighted by Gasteiger charge is 2.27. The van der Waals surface area contributed by atoms with Crippen LogP contribution in [0.15, 0.2) is 30.5 Å². The average Bonchev–Trinajstić information content (AvgIpc) is 2.93. The maximum atomic E-state index is 12.1. The second-order valence-electron chi connectivity index (χ2n) is 4.95. The molecule has 1 amide bonds. The molecule has 1 N–H and O–H groups in total. The number of carbonyl (C=O) groups is 3. The van der Waals surface area contributed by atoms with Crippen molar-refractivity contribution < 1.29 is 23.9 Å². The fourth-order valence-corrected chi connectivity index (χ4v) is 2.44. The molecule has 1 heterocycles. The molecule has 7 heteroatoms. The molecule has 1 atom stereocenters. The molecule has 2 aromatic rings. The van der Waals surface area contributed by atoms with Gasteiger partial charge in [0.2, 0.25) is 5.91 Å². The Bertz CT molecular complexity index is 750. The number of para-hydroxylation sites is 1. The zero-order valence-corrected chi connectivity index (χ0v) is 13.2. The quantitative estimate of drug-likeness (QED) is 0.866. The number of aromatic nitrogens is 1. The molecule has 0 fully saturated rings. The van der Waals surface area contributed by atoms with Gasteiger partial charge in [-0.25, -0.2) is 4.79 Å². The molecule has 0 aliphatic heterocycles. The van der Waals surface area contributed by atoms with Crippen LogP contribution in [0.4, 0.5) is 4.79 Å².